The van der Waals surface area contributed by atoms with Crippen LogP contribution in [0.4, 0.5) is 0 Å². The van der Waals surface area contributed by atoms with Crippen molar-refractivity contribution in [2.45, 2.75) is 6.42 Å². The average molecular weight is 254 g/mol. The highest BCUT2D eigenvalue weighted by Crippen LogP contribution is 2.38. The smallest absolute Gasteiger partial charge is 0.254 e. The van der Waals surface area contributed by atoms with Gasteiger partial charge in [-0.25, -0.2) is 0 Å². The predicted octanol–water partition coefficient (Wildman–Crippen LogP) is 1.96. The number of likely N-dealkylation sites (tertiary alicyclic amines) is 1. The minimum atomic E-state index is 0.00937. The zero-order valence-electron chi connectivity index (χ0n) is 9.24. The van der Waals surface area contributed by atoms with Crippen LogP contribution in [0.1, 0.15) is 16.8 Å². The maximum Gasteiger partial charge on any atom is 0.254 e. The number of halogens is 1. The largest absolute Gasteiger partial charge is 0.486 e. The summed E-state index contributed by atoms with van der Waals surface area (Å²) in [6, 6.07) is 3.36. The number of benzene rings is 1. The van der Waals surface area contributed by atoms with E-state index >= 15 is 0 Å². The minimum Gasteiger partial charge on any atom is -0.486 e. The van der Waals surface area contributed by atoms with Gasteiger partial charge in [-0.3, -0.25) is 4.79 Å². The van der Waals surface area contributed by atoms with E-state index in [1.165, 1.54) is 0 Å². The summed E-state index contributed by atoms with van der Waals surface area (Å²) in [5.41, 5.74) is 0.568. The summed E-state index contributed by atoms with van der Waals surface area (Å²) in [5, 5.41) is 0.436. The monoisotopic (exact) mass is 253 g/mol. The van der Waals surface area contributed by atoms with Crippen molar-refractivity contribution in [2.24, 2.45) is 0 Å². The Hall–Kier alpha value is -1.42. The highest BCUT2D eigenvalue weighted by molar-refractivity contribution is 6.32. The van der Waals surface area contributed by atoms with Gasteiger partial charge in [-0.1, -0.05) is 11.6 Å². The van der Waals surface area contributed by atoms with Crippen molar-refractivity contribution >= 4 is 17.5 Å². The lowest BCUT2D eigenvalue weighted by molar-refractivity contribution is 0.0650. The normalized spacial score (nSPS) is 17.6. The molecular formula is C12H12ClNO3. The molecule has 1 aromatic rings. The standard InChI is InChI=1S/C12H12ClNO3/c13-9-6-8(12(15)14-2-1-3-14)7-10-11(9)17-5-4-16-10/h6-7H,1-5H2. The van der Waals surface area contributed by atoms with Crippen LogP contribution in [0.15, 0.2) is 12.1 Å². The van der Waals surface area contributed by atoms with Crippen molar-refractivity contribution in [1.82, 2.24) is 4.90 Å². The lowest BCUT2D eigenvalue weighted by Crippen LogP contribution is -2.42. The lowest BCUT2D eigenvalue weighted by Gasteiger charge is -2.31. The van der Waals surface area contributed by atoms with Gasteiger partial charge in [0, 0.05) is 18.7 Å². The Morgan fingerprint density at radius 1 is 1.24 bits per heavy atom. The third-order valence-electron chi connectivity index (χ3n) is 2.99. The van der Waals surface area contributed by atoms with Gasteiger partial charge in [-0.2, -0.15) is 0 Å². The van der Waals surface area contributed by atoms with Crippen molar-refractivity contribution in [1.29, 1.82) is 0 Å². The SMILES string of the molecule is O=C(c1cc(Cl)c2c(c1)OCCO2)N1CCC1. The molecule has 0 N–H and O–H groups in total. The summed E-state index contributed by atoms with van der Waals surface area (Å²) in [4.78, 5) is 13.8. The van der Waals surface area contributed by atoms with Crippen LogP contribution in [0.3, 0.4) is 0 Å². The maximum absolute atomic E-state index is 12.0. The molecule has 0 saturated carbocycles. The zero-order valence-corrected chi connectivity index (χ0v) is 10.00. The summed E-state index contributed by atoms with van der Waals surface area (Å²) in [6.07, 6.45) is 1.07. The second-order valence-electron chi connectivity index (χ2n) is 4.13. The Morgan fingerprint density at radius 2 is 2.00 bits per heavy atom. The molecule has 1 fully saturated rings. The average Bonchev–Trinajstić information content (AvgIpc) is 2.26. The van der Waals surface area contributed by atoms with Crippen LogP contribution in [-0.2, 0) is 0 Å². The van der Waals surface area contributed by atoms with Crippen molar-refractivity contribution in [3.63, 3.8) is 0 Å². The number of rotatable bonds is 1. The molecule has 90 valence electrons. The minimum absolute atomic E-state index is 0.00937. The summed E-state index contributed by atoms with van der Waals surface area (Å²) in [6.45, 7) is 2.63. The van der Waals surface area contributed by atoms with Crippen LogP contribution in [0.25, 0.3) is 0 Å². The van der Waals surface area contributed by atoms with Gasteiger partial charge in [-0.15, -0.1) is 0 Å². The van der Waals surface area contributed by atoms with Gasteiger partial charge >= 0.3 is 0 Å². The lowest BCUT2D eigenvalue weighted by atomic mass is 10.1. The van der Waals surface area contributed by atoms with Crippen molar-refractivity contribution < 1.29 is 14.3 Å². The Morgan fingerprint density at radius 3 is 2.71 bits per heavy atom. The van der Waals surface area contributed by atoms with E-state index in [4.69, 9.17) is 21.1 Å². The molecule has 17 heavy (non-hydrogen) atoms. The predicted molar refractivity (Wildman–Crippen MR) is 63.0 cm³/mol. The third kappa shape index (κ3) is 1.82. The van der Waals surface area contributed by atoms with Crippen LogP contribution in [0, 0.1) is 0 Å². The van der Waals surface area contributed by atoms with Gasteiger partial charge in [-0.05, 0) is 18.6 Å². The van der Waals surface area contributed by atoms with Crippen LogP contribution in [0.2, 0.25) is 5.02 Å². The Kier molecular flexibility index (Phi) is 2.59. The highest BCUT2D eigenvalue weighted by Gasteiger charge is 2.25. The van der Waals surface area contributed by atoms with Gasteiger partial charge in [0.15, 0.2) is 11.5 Å². The topological polar surface area (TPSA) is 38.8 Å². The molecule has 5 heteroatoms. The molecule has 0 radical (unpaired) electrons. The second kappa shape index (κ2) is 4.11. The molecule has 2 aliphatic heterocycles. The summed E-state index contributed by atoms with van der Waals surface area (Å²) in [7, 11) is 0. The number of hydrogen-bond acceptors (Lipinski definition) is 3. The Balaban J connectivity index is 1.95. The molecule has 1 aromatic carbocycles. The molecule has 0 atom stereocenters. The van der Waals surface area contributed by atoms with Crippen LogP contribution in [0.5, 0.6) is 11.5 Å². The second-order valence-corrected chi connectivity index (χ2v) is 4.54. The maximum atomic E-state index is 12.0. The molecule has 0 spiro atoms. The first-order valence-electron chi connectivity index (χ1n) is 5.64. The van der Waals surface area contributed by atoms with E-state index < -0.39 is 0 Å². The third-order valence-corrected chi connectivity index (χ3v) is 3.27. The molecular weight excluding hydrogens is 242 g/mol. The van der Waals surface area contributed by atoms with Gasteiger partial charge < -0.3 is 14.4 Å². The van der Waals surface area contributed by atoms with E-state index in [1.807, 2.05) is 0 Å². The number of hydrogen-bond donors (Lipinski definition) is 0. The van der Waals surface area contributed by atoms with E-state index in [0.717, 1.165) is 19.5 Å². The quantitative estimate of drug-likeness (QED) is 0.768. The van der Waals surface area contributed by atoms with Gasteiger partial charge in [0.1, 0.15) is 13.2 Å². The Bertz CT molecular complexity index is 471. The fraction of sp³-hybridized carbons (Fsp3) is 0.417. The van der Waals surface area contributed by atoms with E-state index in [1.54, 1.807) is 17.0 Å². The van der Waals surface area contributed by atoms with E-state index in [-0.39, 0.29) is 5.91 Å². The van der Waals surface area contributed by atoms with Crippen LogP contribution < -0.4 is 9.47 Å². The number of nitrogens with zero attached hydrogens (tertiary/aromatic N) is 1. The fourth-order valence-corrected chi connectivity index (χ4v) is 2.20. The molecule has 2 heterocycles. The van der Waals surface area contributed by atoms with Crippen LogP contribution in [-0.4, -0.2) is 37.1 Å². The van der Waals surface area contributed by atoms with E-state index in [0.29, 0.717) is 35.3 Å². The first kappa shape index (κ1) is 10.7. The van der Waals surface area contributed by atoms with Crippen molar-refractivity contribution in [2.75, 3.05) is 26.3 Å². The summed E-state index contributed by atoms with van der Waals surface area (Å²) in [5.74, 6) is 1.11. The molecule has 3 rings (SSSR count). The number of ether oxygens (including phenoxy) is 2. The molecule has 1 saturated heterocycles. The zero-order chi connectivity index (χ0) is 11.8. The van der Waals surface area contributed by atoms with Gasteiger partial charge in [0.2, 0.25) is 0 Å². The summed E-state index contributed by atoms with van der Waals surface area (Å²) < 4.78 is 10.9. The summed E-state index contributed by atoms with van der Waals surface area (Å²) >= 11 is 6.08. The first-order chi connectivity index (χ1) is 8.25. The van der Waals surface area contributed by atoms with Crippen molar-refractivity contribution in [3.05, 3.63) is 22.7 Å². The van der Waals surface area contributed by atoms with Gasteiger partial charge in [0.05, 0.1) is 5.02 Å². The van der Waals surface area contributed by atoms with E-state index in [2.05, 4.69) is 0 Å². The van der Waals surface area contributed by atoms with Gasteiger partial charge in [0.25, 0.3) is 5.91 Å². The molecule has 0 unspecified atom stereocenters. The molecule has 2 aliphatic rings. The first-order valence-corrected chi connectivity index (χ1v) is 6.02. The molecule has 0 aliphatic carbocycles. The molecule has 0 aromatic heterocycles. The molecule has 0 bridgehead atoms. The number of fused-ring (bicyclic) bond motifs is 1. The van der Waals surface area contributed by atoms with E-state index in [9.17, 15) is 4.79 Å². The number of amides is 1. The van der Waals surface area contributed by atoms with Crippen molar-refractivity contribution in [3.8, 4) is 11.5 Å². The molecule has 1 amide bonds. The molecule has 4 nitrogen and oxygen atoms in total. The highest BCUT2D eigenvalue weighted by atomic mass is 35.5. The van der Waals surface area contributed by atoms with Crippen LogP contribution >= 0.6 is 11.6 Å². The Labute approximate surface area is 104 Å². The number of carbonyl (C=O) groups excluding carboxylic acids is 1. The number of carbonyl (C=O) groups is 1. The fourth-order valence-electron chi connectivity index (χ4n) is 1.94.